The molecule has 0 aliphatic carbocycles. The van der Waals surface area contributed by atoms with E-state index >= 15 is 0 Å². The summed E-state index contributed by atoms with van der Waals surface area (Å²) in [4.78, 5) is 4.25. The quantitative estimate of drug-likeness (QED) is 0.628. The van der Waals surface area contributed by atoms with Crippen LogP contribution in [0.1, 0.15) is 11.3 Å². The van der Waals surface area contributed by atoms with Crippen molar-refractivity contribution in [1.29, 1.82) is 0 Å². The molecule has 0 atom stereocenters. The molecule has 0 saturated carbocycles. The number of benzene rings is 1. The van der Waals surface area contributed by atoms with E-state index in [1.807, 2.05) is 30.8 Å². The Morgan fingerprint density at radius 1 is 1.14 bits per heavy atom. The third-order valence-electron chi connectivity index (χ3n) is 3.22. The highest BCUT2D eigenvalue weighted by Crippen LogP contribution is 2.28. The van der Waals surface area contributed by atoms with Crippen LogP contribution in [0.5, 0.6) is 17.2 Å². The maximum atomic E-state index is 5.94. The molecule has 5 nitrogen and oxygen atoms in total. The predicted octanol–water partition coefficient (Wildman–Crippen LogP) is 3.32. The van der Waals surface area contributed by atoms with E-state index in [9.17, 15) is 0 Å². The van der Waals surface area contributed by atoms with Gasteiger partial charge in [0, 0.05) is 37.6 Å². The normalized spacial score (nSPS) is 11.2. The first-order valence-electron chi connectivity index (χ1n) is 6.81. The van der Waals surface area contributed by atoms with Crippen LogP contribution in [0.2, 0.25) is 0 Å². The summed E-state index contributed by atoms with van der Waals surface area (Å²) in [6, 6.07) is 7.34. The van der Waals surface area contributed by atoms with Gasteiger partial charge in [0.05, 0.1) is 14.2 Å². The van der Waals surface area contributed by atoms with E-state index in [0.29, 0.717) is 23.1 Å². The number of hydrogen-bond donors (Lipinski definition) is 0. The summed E-state index contributed by atoms with van der Waals surface area (Å²) >= 11 is 0. The minimum Gasteiger partial charge on any atom is -0.496 e. The monoisotopic (exact) mass is 300 g/mol. The van der Waals surface area contributed by atoms with Crippen LogP contribution in [0.25, 0.3) is 0 Å². The number of aryl methyl sites for hydroxylation is 2. The van der Waals surface area contributed by atoms with Gasteiger partial charge in [-0.2, -0.15) is 0 Å². The van der Waals surface area contributed by atoms with Crippen molar-refractivity contribution >= 4 is 5.90 Å². The molecule has 1 heterocycles. The molecule has 116 valence electrons. The Balaban J connectivity index is 2.41. The Bertz CT molecular complexity index is 660. The third kappa shape index (κ3) is 3.31. The van der Waals surface area contributed by atoms with Crippen LogP contribution in [0, 0.1) is 6.92 Å². The highest BCUT2D eigenvalue weighted by atomic mass is 16.5. The topological polar surface area (TPSA) is 45.0 Å². The van der Waals surface area contributed by atoms with Gasteiger partial charge in [0.1, 0.15) is 22.9 Å². The first kappa shape index (κ1) is 15.7. The van der Waals surface area contributed by atoms with Crippen LogP contribution in [0.15, 0.2) is 48.2 Å². The van der Waals surface area contributed by atoms with Crippen LogP contribution in [0.3, 0.4) is 0 Å². The average molecular weight is 300 g/mol. The average Bonchev–Trinajstić information content (AvgIpc) is 2.85. The molecule has 5 heteroatoms. The lowest BCUT2D eigenvalue weighted by Gasteiger charge is -2.13. The van der Waals surface area contributed by atoms with E-state index in [2.05, 4.69) is 11.6 Å². The molecule has 0 spiro atoms. The molecule has 2 rings (SSSR count). The molecule has 1 aromatic carbocycles. The van der Waals surface area contributed by atoms with E-state index in [-0.39, 0.29) is 0 Å². The van der Waals surface area contributed by atoms with Gasteiger partial charge in [0.25, 0.3) is 0 Å². The van der Waals surface area contributed by atoms with Crippen molar-refractivity contribution in [1.82, 2.24) is 4.57 Å². The fraction of sp³-hybridized carbons (Fsp3) is 0.235. The zero-order valence-corrected chi connectivity index (χ0v) is 13.3. The first-order chi connectivity index (χ1) is 10.6. The fourth-order valence-corrected chi connectivity index (χ4v) is 2.15. The summed E-state index contributed by atoms with van der Waals surface area (Å²) in [7, 11) is 5.13. The van der Waals surface area contributed by atoms with Crippen LogP contribution in [-0.2, 0) is 7.05 Å². The molecule has 2 aromatic rings. The third-order valence-corrected chi connectivity index (χ3v) is 3.22. The van der Waals surface area contributed by atoms with Crippen molar-refractivity contribution in [3.8, 4) is 17.2 Å². The van der Waals surface area contributed by atoms with Gasteiger partial charge in [0.2, 0.25) is 5.90 Å². The Morgan fingerprint density at radius 3 is 2.18 bits per heavy atom. The molecule has 0 amide bonds. The second kappa shape index (κ2) is 6.85. The van der Waals surface area contributed by atoms with Crippen molar-refractivity contribution in [3.63, 3.8) is 0 Å². The molecule has 1 aromatic heterocycles. The van der Waals surface area contributed by atoms with E-state index in [1.165, 1.54) is 6.20 Å². The number of rotatable bonds is 5. The number of nitrogens with zero attached hydrogens (tertiary/aromatic N) is 2. The number of hydrogen-bond acceptors (Lipinski definition) is 4. The predicted molar refractivity (Wildman–Crippen MR) is 87.1 cm³/mol. The Kier molecular flexibility index (Phi) is 4.88. The van der Waals surface area contributed by atoms with Crippen molar-refractivity contribution in [2.45, 2.75) is 6.92 Å². The maximum absolute atomic E-state index is 5.94. The number of methoxy groups -OCH3 is 2. The number of aliphatic imine (C=N–C) groups is 1. The fourth-order valence-electron chi connectivity index (χ4n) is 2.15. The highest BCUT2D eigenvalue weighted by molar-refractivity contribution is 5.96. The van der Waals surface area contributed by atoms with Crippen molar-refractivity contribution in [3.05, 3.63) is 54.5 Å². The summed E-state index contributed by atoms with van der Waals surface area (Å²) in [5.74, 6) is 2.35. The van der Waals surface area contributed by atoms with Crippen molar-refractivity contribution in [2.75, 3.05) is 14.2 Å². The molecule has 0 bridgehead atoms. The molecule has 0 radical (unpaired) electrons. The van der Waals surface area contributed by atoms with Crippen LogP contribution in [0.4, 0.5) is 0 Å². The zero-order chi connectivity index (χ0) is 16.1. The second-order valence-electron chi connectivity index (χ2n) is 4.73. The SMILES string of the molecule is C=CN=C(Oc1cc(OC)cc(OC)c1)c1c(C)ccn1C. The summed E-state index contributed by atoms with van der Waals surface area (Å²) in [5, 5.41) is 0. The standard InChI is InChI=1S/C17H20N2O3/c1-6-18-17(16-12(2)7-8-19(16)3)22-15-10-13(20-4)9-14(11-15)21-5/h6-11H,1H2,2-5H3. The van der Waals surface area contributed by atoms with Gasteiger partial charge in [-0.05, 0) is 18.6 Å². The van der Waals surface area contributed by atoms with Gasteiger partial charge in [-0.3, -0.25) is 0 Å². The Labute approximate surface area is 130 Å². The Hall–Kier alpha value is -2.69. The molecular formula is C17H20N2O3. The largest absolute Gasteiger partial charge is 0.496 e. The minimum atomic E-state index is 0.468. The van der Waals surface area contributed by atoms with E-state index in [4.69, 9.17) is 14.2 Å². The summed E-state index contributed by atoms with van der Waals surface area (Å²) in [5.41, 5.74) is 1.96. The molecule has 0 unspecified atom stereocenters. The second-order valence-corrected chi connectivity index (χ2v) is 4.73. The molecule has 0 aliphatic rings. The number of aromatic nitrogens is 1. The molecule has 0 aliphatic heterocycles. The molecule has 22 heavy (non-hydrogen) atoms. The highest BCUT2D eigenvalue weighted by Gasteiger charge is 2.14. The van der Waals surface area contributed by atoms with Gasteiger partial charge in [-0.15, -0.1) is 0 Å². The lowest BCUT2D eigenvalue weighted by molar-refractivity contribution is 0.389. The summed E-state index contributed by atoms with van der Waals surface area (Å²) < 4.78 is 18.4. The van der Waals surface area contributed by atoms with Gasteiger partial charge in [-0.1, -0.05) is 6.58 Å². The van der Waals surface area contributed by atoms with Gasteiger partial charge < -0.3 is 18.8 Å². The van der Waals surface area contributed by atoms with E-state index < -0.39 is 0 Å². The van der Waals surface area contributed by atoms with Crippen molar-refractivity contribution in [2.24, 2.45) is 12.0 Å². The zero-order valence-electron chi connectivity index (χ0n) is 13.3. The van der Waals surface area contributed by atoms with Crippen LogP contribution in [-0.4, -0.2) is 24.7 Å². The molecule has 0 fully saturated rings. The maximum Gasteiger partial charge on any atom is 0.243 e. The summed E-state index contributed by atoms with van der Waals surface area (Å²) in [6.45, 7) is 5.66. The van der Waals surface area contributed by atoms with Crippen LogP contribution >= 0.6 is 0 Å². The van der Waals surface area contributed by atoms with E-state index in [0.717, 1.165) is 11.3 Å². The number of ether oxygens (including phenoxy) is 3. The van der Waals surface area contributed by atoms with Gasteiger partial charge in [0.15, 0.2) is 0 Å². The first-order valence-corrected chi connectivity index (χ1v) is 6.81. The van der Waals surface area contributed by atoms with Crippen LogP contribution < -0.4 is 14.2 Å². The summed E-state index contributed by atoms with van der Waals surface area (Å²) in [6.07, 6.45) is 3.41. The smallest absolute Gasteiger partial charge is 0.243 e. The van der Waals surface area contributed by atoms with Crippen molar-refractivity contribution < 1.29 is 14.2 Å². The lowest BCUT2D eigenvalue weighted by Crippen LogP contribution is -2.15. The minimum absolute atomic E-state index is 0.468. The Morgan fingerprint density at radius 2 is 1.73 bits per heavy atom. The lowest BCUT2D eigenvalue weighted by atomic mass is 10.2. The molecular weight excluding hydrogens is 280 g/mol. The molecule has 0 saturated heterocycles. The van der Waals surface area contributed by atoms with Gasteiger partial charge in [-0.25, -0.2) is 4.99 Å². The van der Waals surface area contributed by atoms with Gasteiger partial charge >= 0.3 is 0 Å². The molecule has 0 N–H and O–H groups in total. The van der Waals surface area contributed by atoms with E-state index in [1.54, 1.807) is 32.4 Å².